The number of methoxy groups -OCH3 is 1. The highest BCUT2D eigenvalue weighted by molar-refractivity contribution is 5.82. The molecule has 0 bridgehead atoms. The number of aryl methyl sites for hydroxylation is 1. The first-order valence-electron chi connectivity index (χ1n) is 9.92. The normalized spacial score (nSPS) is 16.7. The van der Waals surface area contributed by atoms with Gasteiger partial charge in [-0.25, -0.2) is 4.98 Å². The van der Waals surface area contributed by atoms with E-state index in [1.54, 1.807) is 13.3 Å². The highest BCUT2D eigenvalue weighted by Gasteiger charge is 2.19. The molecule has 1 saturated heterocycles. The molecule has 152 valence electrons. The van der Waals surface area contributed by atoms with Gasteiger partial charge in [0.2, 0.25) is 5.91 Å². The molecule has 7 nitrogen and oxygen atoms in total. The molecule has 1 aliphatic rings. The predicted molar refractivity (Wildman–Crippen MR) is 109 cm³/mol. The van der Waals surface area contributed by atoms with Crippen molar-refractivity contribution in [3.05, 3.63) is 47.5 Å². The fourth-order valence-corrected chi connectivity index (χ4v) is 3.43. The van der Waals surface area contributed by atoms with Crippen LogP contribution in [-0.4, -0.2) is 72.1 Å². The van der Waals surface area contributed by atoms with Gasteiger partial charge in [0.15, 0.2) is 0 Å². The molecule has 1 aromatic heterocycles. The Morgan fingerprint density at radius 2 is 1.89 bits per heavy atom. The van der Waals surface area contributed by atoms with E-state index in [2.05, 4.69) is 37.2 Å². The van der Waals surface area contributed by atoms with Crippen molar-refractivity contribution in [2.45, 2.75) is 26.3 Å². The second-order valence-electron chi connectivity index (χ2n) is 7.43. The molecule has 28 heavy (non-hydrogen) atoms. The van der Waals surface area contributed by atoms with Crippen molar-refractivity contribution in [3.8, 4) is 5.75 Å². The van der Waals surface area contributed by atoms with Crippen molar-refractivity contribution in [2.24, 2.45) is 0 Å². The lowest BCUT2D eigenvalue weighted by molar-refractivity contribution is -0.122. The summed E-state index contributed by atoms with van der Waals surface area (Å²) in [5, 5.41) is 3.03. The molecule has 0 saturated carbocycles. The number of carbonyl (C=O) groups is 1. The molecular formula is C21H31N5O2. The van der Waals surface area contributed by atoms with Crippen molar-refractivity contribution >= 4 is 5.91 Å². The maximum Gasteiger partial charge on any atom is 0.230 e. The van der Waals surface area contributed by atoms with Crippen molar-refractivity contribution in [1.29, 1.82) is 0 Å². The average Bonchev–Trinajstić information content (AvgIpc) is 3.15. The van der Waals surface area contributed by atoms with Crippen LogP contribution in [0.25, 0.3) is 0 Å². The van der Waals surface area contributed by atoms with Gasteiger partial charge in [-0.3, -0.25) is 14.6 Å². The monoisotopic (exact) mass is 385 g/mol. The van der Waals surface area contributed by atoms with Gasteiger partial charge in [0.25, 0.3) is 0 Å². The standard InChI is InChI=1S/C21H31N5O2/c1-16-14-23-20(24-16)17(2)21(27)22-8-9-25-10-12-26(13-11-25)15-18-4-6-19(28-3)7-5-18/h4-7,14,17H,8-13,15H2,1-3H3,(H,22,27)(H,23,24). The Morgan fingerprint density at radius 3 is 2.50 bits per heavy atom. The zero-order chi connectivity index (χ0) is 19.9. The number of imidazole rings is 1. The van der Waals surface area contributed by atoms with Crippen LogP contribution >= 0.6 is 0 Å². The molecule has 1 unspecified atom stereocenters. The number of aromatic amines is 1. The largest absolute Gasteiger partial charge is 0.497 e. The molecule has 0 spiro atoms. The second-order valence-corrected chi connectivity index (χ2v) is 7.43. The van der Waals surface area contributed by atoms with E-state index in [9.17, 15) is 4.79 Å². The summed E-state index contributed by atoms with van der Waals surface area (Å²) in [6, 6.07) is 8.28. The summed E-state index contributed by atoms with van der Waals surface area (Å²) in [6.07, 6.45) is 1.75. The maximum atomic E-state index is 12.3. The Hall–Kier alpha value is -2.38. The Labute approximate surface area is 167 Å². The van der Waals surface area contributed by atoms with Gasteiger partial charge in [0.05, 0.1) is 13.0 Å². The number of nitrogens with zero attached hydrogens (tertiary/aromatic N) is 3. The smallest absolute Gasteiger partial charge is 0.230 e. The number of hydrogen-bond acceptors (Lipinski definition) is 5. The van der Waals surface area contributed by atoms with Crippen LogP contribution in [0.15, 0.2) is 30.5 Å². The number of hydrogen-bond donors (Lipinski definition) is 2. The van der Waals surface area contributed by atoms with Crippen LogP contribution in [0.4, 0.5) is 0 Å². The van der Waals surface area contributed by atoms with E-state index in [1.807, 2.05) is 26.0 Å². The first-order valence-corrected chi connectivity index (χ1v) is 9.92. The fourth-order valence-electron chi connectivity index (χ4n) is 3.43. The number of carbonyl (C=O) groups excluding carboxylic acids is 1. The lowest BCUT2D eigenvalue weighted by atomic mass is 10.1. The molecule has 1 fully saturated rings. The molecule has 0 aliphatic carbocycles. The van der Waals surface area contributed by atoms with Crippen LogP contribution < -0.4 is 10.1 Å². The minimum absolute atomic E-state index is 0.0208. The van der Waals surface area contributed by atoms with Gasteiger partial charge in [-0.2, -0.15) is 0 Å². The molecule has 3 rings (SSSR count). The van der Waals surface area contributed by atoms with E-state index >= 15 is 0 Å². The van der Waals surface area contributed by atoms with Crippen LogP contribution in [0.3, 0.4) is 0 Å². The molecule has 1 aliphatic heterocycles. The number of nitrogens with one attached hydrogen (secondary N) is 2. The van der Waals surface area contributed by atoms with Gasteiger partial charge in [-0.05, 0) is 31.5 Å². The minimum atomic E-state index is -0.255. The molecule has 7 heteroatoms. The Bertz CT molecular complexity index is 750. The molecule has 2 heterocycles. The van der Waals surface area contributed by atoms with E-state index in [1.165, 1.54) is 5.56 Å². The van der Waals surface area contributed by atoms with Gasteiger partial charge in [-0.1, -0.05) is 12.1 Å². The van der Waals surface area contributed by atoms with E-state index in [4.69, 9.17) is 4.74 Å². The third-order valence-electron chi connectivity index (χ3n) is 5.28. The van der Waals surface area contributed by atoms with Crippen molar-refractivity contribution in [3.63, 3.8) is 0 Å². The molecule has 0 radical (unpaired) electrons. The van der Waals surface area contributed by atoms with Gasteiger partial charge in [0, 0.05) is 57.7 Å². The van der Waals surface area contributed by atoms with Crippen molar-refractivity contribution in [2.75, 3.05) is 46.4 Å². The van der Waals surface area contributed by atoms with Gasteiger partial charge in [0.1, 0.15) is 11.6 Å². The third kappa shape index (κ3) is 5.56. The third-order valence-corrected chi connectivity index (χ3v) is 5.28. The summed E-state index contributed by atoms with van der Waals surface area (Å²) >= 11 is 0. The maximum absolute atomic E-state index is 12.3. The number of aromatic nitrogens is 2. The van der Waals surface area contributed by atoms with E-state index in [0.717, 1.165) is 56.5 Å². The Morgan fingerprint density at radius 1 is 1.21 bits per heavy atom. The van der Waals surface area contributed by atoms with Crippen LogP contribution in [0.5, 0.6) is 5.75 Å². The molecule has 2 N–H and O–H groups in total. The van der Waals surface area contributed by atoms with Crippen LogP contribution in [0.2, 0.25) is 0 Å². The summed E-state index contributed by atoms with van der Waals surface area (Å²) < 4.78 is 5.21. The number of piperazine rings is 1. The van der Waals surface area contributed by atoms with Crippen molar-refractivity contribution in [1.82, 2.24) is 25.1 Å². The second kappa shape index (κ2) is 9.71. The lowest BCUT2D eigenvalue weighted by Crippen LogP contribution is -2.48. The summed E-state index contributed by atoms with van der Waals surface area (Å²) in [4.78, 5) is 24.5. The summed E-state index contributed by atoms with van der Waals surface area (Å²) in [6.45, 7) is 10.5. The van der Waals surface area contributed by atoms with Crippen molar-refractivity contribution < 1.29 is 9.53 Å². The van der Waals surface area contributed by atoms with E-state index < -0.39 is 0 Å². The van der Waals surface area contributed by atoms with Gasteiger partial charge < -0.3 is 15.0 Å². The first kappa shape index (κ1) is 20.4. The number of rotatable bonds is 8. The topological polar surface area (TPSA) is 73.5 Å². The fraction of sp³-hybridized carbons (Fsp3) is 0.524. The summed E-state index contributed by atoms with van der Waals surface area (Å²) in [7, 11) is 1.69. The molecular weight excluding hydrogens is 354 g/mol. The number of ether oxygens (including phenoxy) is 1. The van der Waals surface area contributed by atoms with Gasteiger partial charge >= 0.3 is 0 Å². The van der Waals surface area contributed by atoms with E-state index in [-0.39, 0.29) is 11.8 Å². The quantitative estimate of drug-likeness (QED) is 0.724. The lowest BCUT2D eigenvalue weighted by Gasteiger charge is -2.34. The van der Waals surface area contributed by atoms with Crippen LogP contribution in [0, 0.1) is 6.92 Å². The van der Waals surface area contributed by atoms with Crippen LogP contribution in [0.1, 0.15) is 29.9 Å². The number of H-pyrrole nitrogens is 1. The zero-order valence-electron chi connectivity index (χ0n) is 17.1. The predicted octanol–water partition coefficient (Wildman–Crippen LogP) is 1.76. The summed E-state index contributed by atoms with van der Waals surface area (Å²) in [5.74, 6) is 1.39. The van der Waals surface area contributed by atoms with Crippen LogP contribution in [-0.2, 0) is 11.3 Å². The molecule has 2 aromatic rings. The number of benzene rings is 1. The molecule has 1 amide bonds. The zero-order valence-corrected chi connectivity index (χ0v) is 17.1. The first-order chi connectivity index (χ1) is 13.5. The Balaban J connectivity index is 1.34. The summed E-state index contributed by atoms with van der Waals surface area (Å²) in [5.41, 5.74) is 2.28. The Kier molecular flexibility index (Phi) is 7.06. The molecule has 1 aromatic carbocycles. The highest BCUT2D eigenvalue weighted by Crippen LogP contribution is 2.14. The SMILES string of the molecule is COc1ccc(CN2CCN(CCNC(=O)C(C)c3ncc(C)[nH]3)CC2)cc1. The van der Waals surface area contributed by atoms with Gasteiger partial charge in [-0.15, -0.1) is 0 Å². The molecule has 1 atom stereocenters. The number of amides is 1. The average molecular weight is 386 g/mol. The van der Waals surface area contributed by atoms with E-state index in [0.29, 0.717) is 6.54 Å². The minimum Gasteiger partial charge on any atom is -0.497 e. The highest BCUT2D eigenvalue weighted by atomic mass is 16.5.